The van der Waals surface area contributed by atoms with Gasteiger partial charge in [0.2, 0.25) is 6.79 Å². The van der Waals surface area contributed by atoms with Crippen LogP contribution in [0.5, 0.6) is 0 Å². The van der Waals surface area contributed by atoms with Gasteiger partial charge in [0.1, 0.15) is 17.2 Å². The highest BCUT2D eigenvalue weighted by atomic mass is 19.3. The predicted molar refractivity (Wildman–Crippen MR) is 162 cm³/mol. The van der Waals surface area contributed by atoms with E-state index in [1.165, 1.54) is 18.3 Å². The van der Waals surface area contributed by atoms with Gasteiger partial charge in [0, 0.05) is 23.5 Å². The van der Waals surface area contributed by atoms with Crippen LogP contribution in [0.1, 0.15) is 76.1 Å². The normalized spacial score (nSPS) is 18.7. The molecule has 3 aromatic rings. The average molecular weight is 627 g/mol. The highest BCUT2D eigenvalue weighted by Crippen LogP contribution is 2.41. The fourth-order valence-electron chi connectivity index (χ4n) is 5.51. The molecule has 1 saturated carbocycles. The molecule has 45 heavy (non-hydrogen) atoms. The Hall–Kier alpha value is -4.03. The van der Waals surface area contributed by atoms with Crippen LogP contribution < -0.4 is 5.32 Å². The lowest BCUT2D eigenvalue weighted by atomic mass is 9.73. The van der Waals surface area contributed by atoms with Gasteiger partial charge in [-0.05, 0) is 99.7 Å². The summed E-state index contributed by atoms with van der Waals surface area (Å²) >= 11 is 0. The number of hydrogen-bond acceptors (Lipinski definition) is 10. The maximum absolute atomic E-state index is 13.1. The van der Waals surface area contributed by atoms with Crippen LogP contribution >= 0.6 is 0 Å². The summed E-state index contributed by atoms with van der Waals surface area (Å²) in [7, 11) is 0. The Kier molecular flexibility index (Phi) is 11.2. The number of halogens is 2. The van der Waals surface area contributed by atoms with Crippen LogP contribution in [0.15, 0.2) is 48.8 Å². The van der Waals surface area contributed by atoms with E-state index in [0.717, 1.165) is 5.56 Å². The molecule has 12 heteroatoms. The minimum Gasteiger partial charge on any atom is -0.428 e. The third-order valence-corrected chi connectivity index (χ3v) is 8.06. The summed E-state index contributed by atoms with van der Waals surface area (Å²) in [5.41, 5.74) is 1.31. The molecule has 3 N–H and O–H groups in total. The Labute approximate surface area is 261 Å². The van der Waals surface area contributed by atoms with Crippen molar-refractivity contribution in [1.29, 1.82) is 0 Å². The molecular formula is C33H40F2N4O6. The molecule has 0 bridgehead atoms. The Bertz CT molecular complexity index is 1460. The summed E-state index contributed by atoms with van der Waals surface area (Å²) in [6, 6.07) is 9.77. The smallest absolute Gasteiger partial charge is 0.337 e. The van der Waals surface area contributed by atoms with E-state index >= 15 is 0 Å². The van der Waals surface area contributed by atoms with Crippen LogP contribution in [-0.4, -0.2) is 50.0 Å². The summed E-state index contributed by atoms with van der Waals surface area (Å²) in [5, 5.41) is 24.3. The summed E-state index contributed by atoms with van der Waals surface area (Å²) in [5.74, 6) is -1.01. The van der Waals surface area contributed by atoms with Gasteiger partial charge >= 0.3 is 11.9 Å². The number of aliphatic hydroxyl groups excluding tert-OH is 1. The number of carbonyl (C=O) groups is 2. The summed E-state index contributed by atoms with van der Waals surface area (Å²) in [4.78, 5) is 37.6. The molecule has 1 aliphatic carbocycles. The standard InChI is InChI=1S/C33H40F2N4O6/c1-19(2)13-26(40)32(42)45-18-44-31(41)21-5-8-24(9-6-21)33(4,43)27-10-7-23(17-37-27)25-14-20(3)15-29(38-25)39-28-16-22(30(34)35)11-12-36-28/h7,10-12,14-17,19,21,24,26,30,40,43H,5-6,8-9,13,18H2,1-4H3,(H,36,38,39)/t21?,24?,26-,33+/m0/s1. The molecule has 4 rings (SSSR count). The van der Waals surface area contributed by atoms with Gasteiger partial charge in [-0.25, -0.2) is 23.5 Å². The van der Waals surface area contributed by atoms with Gasteiger partial charge in [-0.1, -0.05) is 13.8 Å². The minimum absolute atomic E-state index is 0.115. The van der Waals surface area contributed by atoms with Crippen molar-refractivity contribution in [2.24, 2.45) is 17.8 Å². The maximum atomic E-state index is 13.1. The summed E-state index contributed by atoms with van der Waals surface area (Å²) in [6.07, 6.45) is 1.48. The van der Waals surface area contributed by atoms with E-state index in [1.807, 2.05) is 32.9 Å². The number of nitrogens with one attached hydrogen (secondary N) is 1. The molecule has 0 spiro atoms. The lowest BCUT2D eigenvalue weighted by Gasteiger charge is -2.37. The molecule has 0 aliphatic heterocycles. The van der Waals surface area contributed by atoms with E-state index < -0.39 is 36.9 Å². The molecule has 1 aliphatic rings. The van der Waals surface area contributed by atoms with Crippen molar-refractivity contribution in [2.45, 2.75) is 77.9 Å². The molecule has 10 nitrogen and oxygen atoms in total. The molecule has 3 heterocycles. The van der Waals surface area contributed by atoms with Gasteiger partial charge in [0.15, 0.2) is 6.10 Å². The zero-order valence-corrected chi connectivity index (χ0v) is 25.9. The van der Waals surface area contributed by atoms with Crippen LogP contribution in [-0.2, 0) is 24.7 Å². The highest BCUT2D eigenvalue weighted by molar-refractivity contribution is 5.75. The Morgan fingerprint density at radius 3 is 2.42 bits per heavy atom. The number of alkyl halides is 2. The van der Waals surface area contributed by atoms with Crippen LogP contribution in [0.4, 0.5) is 20.4 Å². The minimum atomic E-state index is -2.61. The largest absolute Gasteiger partial charge is 0.428 e. The van der Waals surface area contributed by atoms with Gasteiger partial charge in [0.05, 0.1) is 17.3 Å². The quantitative estimate of drug-likeness (QED) is 0.162. The van der Waals surface area contributed by atoms with Gasteiger partial charge < -0.3 is 25.0 Å². The number of carbonyl (C=O) groups excluding carboxylic acids is 2. The van der Waals surface area contributed by atoms with Crippen LogP contribution in [0, 0.1) is 24.7 Å². The van der Waals surface area contributed by atoms with E-state index in [4.69, 9.17) is 9.47 Å². The third-order valence-electron chi connectivity index (χ3n) is 8.06. The number of aryl methyl sites for hydroxylation is 1. The summed E-state index contributed by atoms with van der Waals surface area (Å²) in [6.45, 7) is 6.80. The number of esters is 2. The van der Waals surface area contributed by atoms with Crippen molar-refractivity contribution >= 4 is 23.6 Å². The number of pyridine rings is 3. The van der Waals surface area contributed by atoms with Crippen molar-refractivity contribution in [3.8, 4) is 11.3 Å². The molecular weight excluding hydrogens is 586 g/mol. The van der Waals surface area contributed by atoms with Gasteiger partial charge in [-0.3, -0.25) is 9.78 Å². The van der Waals surface area contributed by atoms with Gasteiger partial charge in [-0.2, -0.15) is 0 Å². The number of aliphatic hydroxyl groups is 2. The molecule has 242 valence electrons. The Balaban J connectivity index is 1.33. The highest BCUT2D eigenvalue weighted by Gasteiger charge is 2.39. The van der Waals surface area contributed by atoms with Gasteiger partial charge in [-0.15, -0.1) is 0 Å². The maximum Gasteiger partial charge on any atom is 0.337 e. The van der Waals surface area contributed by atoms with Crippen LogP contribution in [0.25, 0.3) is 11.3 Å². The first-order chi connectivity index (χ1) is 21.3. The first-order valence-electron chi connectivity index (χ1n) is 15.0. The fourth-order valence-corrected chi connectivity index (χ4v) is 5.51. The zero-order chi connectivity index (χ0) is 32.7. The van der Waals surface area contributed by atoms with Crippen molar-refractivity contribution in [3.05, 3.63) is 65.6 Å². The van der Waals surface area contributed by atoms with E-state index in [9.17, 15) is 28.6 Å². The van der Waals surface area contributed by atoms with E-state index in [2.05, 4.69) is 20.3 Å². The van der Waals surface area contributed by atoms with Crippen molar-refractivity contribution < 1.29 is 38.1 Å². The molecule has 0 saturated heterocycles. The Morgan fingerprint density at radius 1 is 1.04 bits per heavy atom. The van der Waals surface area contributed by atoms with Gasteiger partial charge in [0.25, 0.3) is 6.43 Å². The summed E-state index contributed by atoms with van der Waals surface area (Å²) < 4.78 is 36.2. The molecule has 2 atom stereocenters. The fraction of sp³-hybridized carbons (Fsp3) is 0.485. The topological polar surface area (TPSA) is 144 Å². The molecule has 0 radical (unpaired) electrons. The molecule has 0 aromatic carbocycles. The first-order valence-corrected chi connectivity index (χ1v) is 15.0. The average Bonchev–Trinajstić information content (AvgIpc) is 3.00. The van der Waals surface area contributed by atoms with E-state index in [0.29, 0.717) is 48.5 Å². The van der Waals surface area contributed by atoms with E-state index in [-0.39, 0.29) is 35.6 Å². The number of hydrogen-bond donors (Lipinski definition) is 3. The number of rotatable bonds is 12. The number of anilines is 2. The first kappa shape index (κ1) is 33.9. The number of ether oxygens (including phenoxy) is 2. The number of aromatic nitrogens is 3. The number of nitrogens with zero attached hydrogens (tertiary/aromatic N) is 3. The molecule has 1 fully saturated rings. The van der Waals surface area contributed by atoms with E-state index in [1.54, 1.807) is 25.3 Å². The SMILES string of the molecule is Cc1cc(Nc2cc(C(F)F)ccn2)nc(-c2ccc([C@](C)(O)C3CCC(C(=O)OCOC(=O)[C@@H](O)CC(C)C)CC3)nc2)c1. The van der Waals surface area contributed by atoms with Crippen molar-refractivity contribution in [3.63, 3.8) is 0 Å². The van der Waals surface area contributed by atoms with Crippen LogP contribution in [0.2, 0.25) is 0 Å². The predicted octanol–water partition coefficient (Wildman–Crippen LogP) is 5.99. The monoisotopic (exact) mass is 626 g/mol. The second-order valence-corrected chi connectivity index (χ2v) is 12.1. The lowest BCUT2D eigenvalue weighted by Crippen LogP contribution is -2.37. The molecule has 3 aromatic heterocycles. The zero-order valence-electron chi connectivity index (χ0n) is 25.9. The Morgan fingerprint density at radius 2 is 1.78 bits per heavy atom. The second kappa shape index (κ2) is 14.8. The molecule has 0 unspecified atom stereocenters. The lowest BCUT2D eigenvalue weighted by molar-refractivity contribution is -0.177. The van der Waals surface area contributed by atoms with Crippen LogP contribution in [0.3, 0.4) is 0 Å². The molecule has 0 amide bonds. The van der Waals surface area contributed by atoms with Crippen molar-refractivity contribution in [1.82, 2.24) is 15.0 Å². The van der Waals surface area contributed by atoms with Crippen molar-refractivity contribution in [2.75, 3.05) is 12.1 Å². The second-order valence-electron chi connectivity index (χ2n) is 12.1. The third kappa shape index (κ3) is 9.01.